The van der Waals surface area contributed by atoms with Gasteiger partial charge in [-0.15, -0.1) is 12.4 Å². The molecule has 3 N–H and O–H groups in total. The smallest absolute Gasteiger partial charge is 0.236 e. The van der Waals surface area contributed by atoms with Gasteiger partial charge in [-0.25, -0.2) is 0 Å². The maximum Gasteiger partial charge on any atom is 0.236 e. The molecule has 0 saturated heterocycles. The van der Waals surface area contributed by atoms with Gasteiger partial charge in [0.25, 0.3) is 0 Å². The van der Waals surface area contributed by atoms with E-state index in [9.17, 15) is 4.79 Å². The van der Waals surface area contributed by atoms with Crippen LogP contribution in [0.4, 0.5) is 0 Å². The Kier molecular flexibility index (Phi) is 9.81. The van der Waals surface area contributed by atoms with Crippen molar-refractivity contribution >= 4 is 41.5 Å². The second-order valence-corrected chi connectivity index (χ2v) is 6.57. The Balaban J connectivity index is 0.00000338. The zero-order chi connectivity index (χ0) is 18.2. The highest BCUT2D eigenvalue weighted by Crippen LogP contribution is 2.29. The molecule has 26 heavy (non-hydrogen) atoms. The van der Waals surface area contributed by atoms with Crippen molar-refractivity contribution in [3.63, 3.8) is 0 Å². The Labute approximate surface area is 170 Å². The molecule has 0 bridgehead atoms. The van der Waals surface area contributed by atoms with Gasteiger partial charge in [0.1, 0.15) is 11.5 Å². The molecule has 2 rings (SSSR count). The second kappa shape index (κ2) is 11.3. The van der Waals surface area contributed by atoms with Gasteiger partial charge in [-0.05, 0) is 42.7 Å². The molecule has 0 radical (unpaired) electrons. The van der Waals surface area contributed by atoms with E-state index < -0.39 is 6.04 Å². The predicted molar refractivity (Wildman–Crippen MR) is 110 cm³/mol. The summed E-state index contributed by atoms with van der Waals surface area (Å²) < 4.78 is 5.74. The van der Waals surface area contributed by atoms with Gasteiger partial charge in [0.15, 0.2) is 0 Å². The van der Waals surface area contributed by atoms with E-state index in [1.807, 2.05) is 31.2 Å². The summed E-state index contributed by atoms with van der Waals surface area (Å²) in [4.78, 5) is 11.8. The summed E-state index contributed by atoms with van der Waals surface area (Å²) in [6, 6.07) is 12.4. The monoisotopic (exact) mass is 416 g/mol. The summed E-state index contributed by atoms with van der Waals surface area (Å²) in [6.45, 7) is 2.57. The Morgan fingerprint density at radius 3 is 2.38 bits per heavy atom. The van der Waals surface area contributed by atoms with E-state index in [1.54, 1.807) is 18.2 Å². The lowest BCUT2D eigenvalue weighted by Gasteiger charge is -2.11. The third-order valence-corrected chi connectivity index (χ3v) is 4.44. The van der Waals surface area contributed by atoms with Crippen molar-refractivity contribution in [3.05, 3.63) is 58.1 Å². The van der Waals surface area contributed by atoms with Crippen LogP contribution in [0, 0.1) is 0 Å². The minimum Gasteiger partial charge on any atom is -0.457 e. The van der Waals surface area contributed by atoms with E-state index in [2.05, 4.69) is 5.32 Å². The third kappa shape index (κ3) is 7.04. The van der Waals surface area contributed by atoms with Gasteiger partial charge < -0.3 is 15.8 Å². The first-order chi connectivity index (χ1) is 12.0. The fourth-order valence-corrected chi connectivity index (χ4v) is 2.59. The minimum absolute atomic E-state index is 0. The summed E-state index contributed by atoms with van der Waals surface area (Å²) in [5.41, 5.74) is 6.88. The molecule has 2 aromatic rings. The molecule has 1 atom stereocenters. The molecule has 0 aromatic heterocycles. The van der Waals surface area contributed by atoms with Gasteiger partial charge >= 0.3 is 0 Å². The van der Waals surface area contributed by atoms with E-state index in [0.717, 1.165) is 18.4 Å². The lowest BCUT2D eigenvalue weighted by molar-refractivity contribution is -0.122. The molecule has 7 heteroatoms. The van der Waals surface area contributed by atoms with Crippen molar-refractivity contribution < 1.29 is 9.53 Å². The van der Waals surface area contributed by atoms with Crippen molar-refractivity contribution in [2.75, 3.05) is 6.54 Å². The van der Waals surface area contributed by atoms with E-state index >= 15 is 0 Å². The van der Waals surface area contributed by atoms with Crippen LogP contribution in [-0.2, 0) is 11.2 Å². The fraction of sp³-hybridized carbons (Fsp3) is 0.316. The summed E-state index contributed by atoms with van der Waals surface area (Å²) >= 11 is 11.9. The number of amides is 1. The molecule has 1 amide bonds. The van der Waals surface area contributed by atoms with Crippen LogP contribution < -0.4 is 15.8 Å². The van der Waals surface area contributed by atoms with Gasteiger partial charge in [-0.1, -0.05) is 48.7 Å². The predicted octanol–water partition coefficient (Wildman–Crippen LogP) is 4.99. The maximum atomic E-state index is 11.8. The summed E-state index contributed by atoms with van der Waals surface area (Å²) in [7, 11) is 0. The van der Waals surface area contributed by atoms with Gasteiger partial charge in [0.2, 0.25) is 5.91 Å². The highest BCUT2D eigenvalue weighted by atomic mass is 35.5. The topological polar surface area (TPSA) is 64.4 Å². The average molecular weight is 418 g/mol. The van der Waals surface area contributed by atoms with Crippen LogP contribution in [-0.4, -0.2) is 18.5 Å². The molecule has 0 fully saturated rings. The van der Waals surface area contributed by atoms with E-state index in [0.29, 0.717) is 34.5 Å². The Morgan fingerprint density at radius 1 is 1.12 bits per heavy atom. The Hall–Kier alpha value is -1.46. The molecule has 142 valence electrons. The number of benzene rings is 2. The number of hydrogen-bond donors (Lipinski definition) is 2. The van der Waals surface area contributed by atoms with Gasteiger partial charge in [0.05, 0.1) is 16.1 Å². The zero-order valence-electron chi connectivity index (χ0n) is 14.5. The minimum atomic E-state index is -0.424. The quantitative estimate of drug-likeness (QED) is 0.635. The molecule has 0 aliphatic heterocycles. The maximum absolute atomic E-state index is 11.8. The number of halogens is 3. The van der Waals surface area contributed by atoms with Gasteiger partial charge in [0, 0.05) is 12.6 Å². The van der Waals surface area contributed by atoms with Gasteiger partial charge in [-0.2, -0.15) is 0 Å². The standard InChI is InChI=1S/C19H22Cl2N2O2.ClH/c1-2-3-18(22)19(24)23-11-10-13-4-6-14(7-5-13)25-15-8-9-16(20)17(21)12-15;/h4-9,12,18H,2-3,10-11,22H2,1H3,(H,23,24);1H. The molecule has 0 aliphatic carbocycles. The average Bonchev–Trinajstić information content (AvgIpc) is 2.60. The summed E-state index contributed by atoms with van der Waals surface area (Å²) in [5, 5.41) is 3.80. The largest absolute Gasteiger partial charge is 0.457 e. The van der Waals surface area contributed by atoms with Crippen LogP contribution in [0.1, 0.15) is 25.3 Å². The number of hydrogen-bond acceptors (Lipinski definition) is 3. The highest BCUT2D eigenvalue weighted by molar-refractivity contribution is 6.42. The lowest BCUT2D eigenvalue weighted by atomic mass is 10.1. The molecule has 0 aliphatic rings. The van der Waals surface area contributed by atoms with E-state index in [1.165, 1.54) is 0 Å². The third-order valence-electron chi connectivity index (χ3n) is 3.70. The van der Waals surface area contributed by atoms with Crippen LogP contribution in [0.5, 0.6) is 11.5 Å². The number of rotatable bonds is 8. The van der Waals surface area contributed by atoms with E-state index in [4.69, 9.17) is 33.7 Å². The first-order valence-corrected chi connectivity index (χ1v) is 9.00. The van der Waals surface area contributed by atoms with E-state index in [-0.39, 0.29) is 18.3 Å². The molecule has 2 aromatic carbocycles. The molecule has 0 saturated carbocycles. The molecule has 1 unspecified atom stereocenters. The summed E-state index contributed by atoms with van der Waals surface area (Å²) in [5.74, 6) is 1.23. The molecular formula is C19H23Cl3N2O2. The van der Waals surface area contributed by atoms with Crippen LogP contribution in [0.15, 0.2) is 42.5 Å². The fourth-order valence-electron chi connectivity index (χ4n) is 2.30. The second-order valence-electron chi connectivity index (χ2n) is 5.76. The number of carbonyl (C=O) groups is 1. The number of ether oxygens (including phenoxy) is 1. The van der Waals surface area contributed by atoms with Crippen LogP contribution >= 0.6 is 35.6 Å². The zero-order valence-corrected chi connectivity index (χ0v) is 16.8. The molecule has 0 spiro atoms. The first kappa shape index (κ1) is 22.6. The molecule has 0 heterocycles. The number of carbonyl (C=O) groups excluding carboxylic acids is 1. The van der Waals surface area contributed by atoms with Crippen molar-refractivity contribution in [1.29, 1.82) is 0 Å². The van der Waals surface area contributed by atoms with Crippen LogP contribution in [0.25, 0.3) is 0 Å². The van der Waals surface area contributed by atoms with Crippen molar-refractivity contribution in [1.82, 2.24) is 5.32 Å². The van der Waals surface area contributed by atoms with Crippen molar-refractivity contribution in [3.8, 4) is 11.5 Å². The van der Waals surface area contributed by atoms with Crippen LogP contribution in [0.2, 0.25) is 10.0 Å². The number of nitrogens with one attached hydrogen (secondary N) is 1. The SMILES string of the molecule is CCCC(N)C(=O)NCCc1ccc(Oc2ccc(Cl)c(Cl)c2)cc1.Cl. The lowest BCUT2D eigenvalue weighted by Crippen LogP contribution is -2.41. The Bertz CT molecular complexity index is 708. The molecule has 4 nitrogen and oxygen atoms in total. The molecular weight excluding hydrogens is 395 g/mol. The van der Waals surface area contributed by atoms with Crippen molar-refractivity contribution in [2.24, 2.45) is 5.73 Å². The Morgan fingerprint density at radius 2 is 1.77 bits per heavy atom. The summed E-state index contributed by atoms with van der Waals surface area (Å²) in [6.07, 6.45) is 2.33. The number of nitrogens with two attached hydrogens (primary N) is 1. The van der Waals surface area contributed by atoms with Crippen LogP contribution in [0.3, 0.4) is 0 Å². The van der Waals surface area contributed by atoms with Crippen molar-refractivity contribution in [2.45, 2.75) is 32.2 Å². The highest BCUT2D eigenvalue weighted by Gasteiger charge is 2.11. The normalized spacial score (nSPS) is 11.4. The first-order valence-electron chi connectivity index (χ1n) is 8.24. The van der Waals surface area contributed by atoms with Gasteiger partial charge in [-0.3, -0.25) is 4.79 Å².